The number of aromatic nitrogens is 5. The van der Waals surface area contributed by atoms with Gasteiger partial charge in [-0.1, -0.05) is 41.1 Å². The number of hydrogen-bond donors (Lipinski definition) is 1. The molecule has 25 heavy (non-hydrogen) atoms. The van der Waals surface area contributed by atoms with Crippen LogP contribution in [0.15, 0.2) is 47.8 Å². The molecule has 0 aliphatic carbocycles. The Morgan fingerprint density at radius 3 is 2.76 bits per heavy atom. The van der Waals surface area contributed by atoms with E-state index in [-0.39, 0.29) is 11.1 Å². The van der Waals surface area contributed by atoms with E-state index in [0.29, 0.717) is 10.8 Å². The summed E-state index contributed by atoms with van der Waals surface area (Å²) in [5.41, 5.74) is 2.45. The molecular weight excluding hydrogens is 360 g/mol. The number of aryl methyl sites for hydroxylation is 1. The molecule has 2 aromatic heterocycles. The maximum atomic E-state index is 12.4. The lowest BCUT2D eigenvalue weighted by molar-refractivity contribution is -0.115. The van der Waals surface area contributed by atoms with Crippen molar-refractivity contribution in [3.63, 3.8) is 0 Å². The van der Waals surface area contributed by atoms with Gasteiger partial charge in [0.25, 0.3) is 0 Å². The van der Waals surface area contributed by atoms with Gasteiger partial charge in [0, 0.05) is 6.20 Å². The van der Waals surface area contributed by atoms with Crippen molar-refractivity contribution < 1.29 is 4.79 Å². The summed E-state index contributed by atoms with van der Waals surface area (Å²) in [5, 5.41) is 14.8. The number of pyridine rings is 1. The van der Waals surface area contributed by atoms with E-state index >= 15 is 0 Å². The molecule has 128 valence electrons. The largest absolute Gasteiger partial charge is 0.322 e. The fraction of sp³-hybridized carbons (Fsp3) is 0.188. The maximum absolute atomic E-state index is 12.4. The molecule has 3 rings (SSSR count). The molecular formula is C16H15ClN6OS. The van der Waals surface area contributed by atoms with Crippen molar-refractivity contribution in [1.82, 2.24) is 25.2 Å². The number of amides is 1. The summed E-state index contributed by atoms with van der Waals surface area (Å²) >= 11 is 7.23. The lowest BCUT2D eigenvalue weighted by atomic mass is 10.2. The van der Waals surface area contributed by atoms with Crippen LogP contribution >= 0.6 is 23.4 Å². The van der Waals surface area contributed by atoms with Gasteiger partial charge in [-0.15, -0.1) is 5.10 Å². The zero-order valence-corrected chi connectivity index (χ0v) is 15.1. The summed E-state index contributed by atoms with van der Waals surface area (Å²) < 4.78 is 1.60. The first-order valence-electron chi connectivity index (χ1n) is 7.48. The molecule has 1 aromatic carbocycles. The van der Waals surface area contributed by atoms with E-state index in [9.17, 15) is 4.79 Å². The molecule has 0 radical (unpaired) electrons. The van der Waals surface area contributed by atoms with Gasteiger partial charge in [0.2, 0.25) is 11.1 Å². The van der Waals surface area contributed by atoms with Crippen LogP contribution in [0.1, 0.15) is 12.5 Å². The van der Waals surface area contributed by atoms with E-state index < -0.39 is 5.25 Å². The minimum atomic E-state index is -0.425. The summed E-state index contributed by atoms with van der Waals surface area (Å²) in [6.45, 7) is 3.79. The molecule has 9 heteroatoms. The number of thioether (sulfide) groups is 1. The average molecular weight is 375 g/mol. The normalized spacial score (nSPS) is 12.0. The Balaban J connectivity index is 1.72. The van der Waals surface area contributed by atoms with Crippen LogP contribution in [0.2, 0.25) is 5.15 Å². The van der Waals surface area contributed by atoms with Crippen LogP contribution in [0.4, 0.5) is 5.69 Å². The molecule has 1 amide bonds. The summed E-state index contributed by atoms with van der Waals surface area (Å²) in [7, 11) is 0. The zero-order valence-electron chi connectivity index (χ0n) is 13.5. The first-order valence-corrected chi connectivity index (χ1v) is 8.74. The van der Waals surface area contributed by atoms with Gasteiger partial charge in [-0.2, -0.15) is 4.68 Å². The lowest BCUT2D eigenvalue weighted by Crippen LogP contribution is -2.23. The number of anilines is 1. The van der Waals surface area contributed by atoms with Gasteiger partial charge in [-0.3, -0.25) is 4.79 Å². The Morgan fingerprint density at radius 1 is 1.28 bits per heavy atom. The fourth-order valence-electron chi connectivity index (χ4n) is 2.03. The molecule has 0 saturated heterocycles. The van der Waals surface area contributed by atoms with E-state index in [0.717, 1.165) is 11.3 Å². The van der Waals surface area contributed by atoms with Crippen molar-refractivity contribution in [3.8, 4) is 5.69 Å². The fourth-order valence-corrected chi connectivity index (χ4v) is 3.00. The number of rotatable bonds is 5. The zero-order chi connectivity index (χ0) is 17.8. The summed E-state index contributed by atoms with van der Waals surface area (Å²) in [6.07, 6.45) is 1.56. The molecule has 0 aliphatic heterocycles. The number of halogens is 1. The first-order chi connectivity index (χ1) is 12.0. The SMILES string of the molecule is Cc1ccc(-n2nnnc2S[C@@H](C)C(=O)Nc2cccnc2Cl)cc1. The third-order valence-corrected chi connectivity index (χ3v) is 4.72. The van der Waals surface area contributed by atoms with E-state index in [4.69, 9.17) is 11.6 Å². The molecule has 0 aliphatic rings. The second-order valence-electron chi connectivity index (χ2n) is 5.30. The molecule has 0 bridgehead atoms. The van der Waals surface area contributed by atoms with E-state index in [2.05, 4.69) is 25.8 Å². The van der Waals surface area contributed by atoms with Crippen molar-refractivity contribution in [2.24, 2.45) is 0 Å². The van der Waals surface area contributed by atoms with Crippen molar-refractivity contribution in [3.05, 3.63) is 53.3 Å². The van der Waals surface area contributed by atoms with Crippen LogP contribution in [0.3, 0.4) is 0 Å². The monoisotopic (exact) mass is 374 g/mol. The predicted octanol–water partition coefficient (Wildman–Crippen LogP) is 3.14. The number of carbonyl (C=O) groups excluding carboxylic acids is 1. The molecule has 3 aromatic rings. The number of tetrazole rings is 1. The van der Waals surface area contributed by atoms with Gasteiger partial charge in [0.15, 0.2) is 5.15 Å². The molecule has 0 unspecified atom stereocenters. The molecule has 0 saturated carbocycles. The third-order valence-electron chi connectivity index (χ3n) is 3.39. The molecule has 7 nitrogen and oxygen atoms in total. The third kappa shape index (κ3) is 4.15. The van der Waals surface area contributed by atoms with Gasteiger partial charge < -0.3 is 5.32 Å². The smallest absolute Gasteiger partial charge is 0.237 e. The van der Waals surface area contributed by atoms with Gasteiger partial charge in [0.05, 0.1) is 16.6 Å². The average Bonchev–Trinajstić information content (AvgIpc) is 3.05. The van der Waals surface area contributed by atoms with Gasteiger partial charge in [-0.05, 0) is 48.5 Å². The highest BCUT2D eigenvalue weighted by Crippen LogP contribution is 2.25. The standard InChI is InChI=1S/C16H15ClN6OS/c1-10-5-7-12(8-6-10)23-16(20-21-22-23)25-11(2)15(24)19-13-4-3-9-18-14(13)17/h3-9,11H,1-2H3,(H,19,24)/t11-/m0/s1. The summed E-state index contributed by atoms with van der Waals surface area (Å²) in [6, 6.07) is 11.2. The number of benzene rings is 1. The van der Waals surface area contributed by atoms with Crippen LogP contribution in [0.5, 0.6) is 0 Å². The predicted molar refractivity (Wildman–Crippen MR) is 97.1 cm³/mol. The molecule has 2 heterocycles. The van der Waals surface area contributed by atoms with Gasteiger partial charge in [-0.25, -0.2) is 4.98 Å². The Bertz CT molecular complexity index is 882. The number of carbonyl (C=O) groups is 1. The number of hydrogen-bond acceptors (Lipinski definition) is 6. The van der Waals surface area contributed by atoms with Crippen LogP contribution < -0.4 is 5.32 Å². The second-order valence-corrected chi connectivity index (χ2v) is 6.97. The highest BCUT2D eigenvalue weighted by atomic mass is 35.5. The van der Waals surface area contributed by atoms with E-state index in [1.54, 1.807) is 29.9 Å². The molecule has 1 N–H and O–H groups in total. The number of nitrogens with zero attached hydrogens (tertiary/aromatic N) is 5. The van der Waals surface area contributed by atoms with Crippen LogP contribution in [0.25, 0.3) is 5.69 Å². The minimum absolute atomic E-state index is 0.210. The summed E-state index contributed by atoms with van der Waals surface area (Å²) in [4.78, 5) is 16.3. The quantitative estimate of drug-likeness (QED) is 0.545. The van der Waals surface area contributed by atoms with Crippen molar-refractivity contribution in [2.75, 3.05) is 5.32 Å². The Hall–Kier alpha value is -2.45. The minimum Gasteiger partial charge on any atom is -0.322 e. The van der Waals surface area contributed by atoms with Crippen LogP contribution in [-0.2, 0) is 4.79 Å². The molecule has 1 atom stereocenters. The number of nitrogens with one attached hydrogen (secondary N) is 1. The first kappa shape index (κ1) is 17.4. The maximum Gasteiger partial charge on any atom is 0.237 e. The van der Waals surface area contributed by atoms with Gasteiger partial charge in [0.1, 0.15) is 0 Å². The highest BCUT2D eigenvalue weighted by Gasteiger charge is 2.20. The van der Waals surface area contributed by atoms with Crippen LogP contribution in [-0.4, -0.2) is 36.3 Å². The Morgan fingerprint density at radius 2 is 2.04 bits per heavy atom. The van der Waals surface area contributed by atoms with E-state index in [1.807, 2.05) is 31.2 Å². The Kier molecular flexibility index (Phi) is 5.30. The molecule has 0 fully saturated rings. The molecule has 0 spiro atoms. The van der Waals surface area contributed by atoms with Crippen molar-refractivity contribution >= 4 is 35.0 Å². The van der Waals surface area contributed by atoms with Crippen molar-refractivity contribution in [1.29, 1.82) is 0 Å². The summed E-state index contributed by atoms with van der Waals surface area (Å²) in [5.74, 6) is -0.210. The van der Waals surface area contributed by atoms with Crippen molar-refractivity contribution in [2.45, 2.75) is 24.3 Å². The van der Waals surface area contributed by atoms with Gasteiger partial charge >= 0.3 is 0 Å². The second kappa shape index (κ2) is 7.62. The van der Waals surface area contributed by atoms with E-state index in [1.165, 1.54) is 11.8 Å². The topological polar surface area (TPSA) is 85.6 Å². The Labute approximate surface area is 153 Å². The van der Waals surface area contributed by atoms with Crippen LogP contribution in [0, 0.1) is 6.92 Å². The highest BCUT2D eigenvalue weighted by molar-refractivity contribution is 8.00. The lowest BCUT2D eigenvalue weighted by Gasteiger charge is -2.12.